The molecule has 22 heavy (non-hydrogen) atoms. The van der Waals surface area contributed by atoms with Crippen molar-refractivity contribution in [1.82, 2.24) is 20.5 Å². The number of hydrogen-bond acceptors (Lipinski definition) is 5. The van der Waals surface area contributed by atoms with Gasteiger partial charge in [-0.05, 0) is 30.2 Å². The van der Waals surface area contributed by atoms with Crippen LogP contribution in [0.15, 0.2) is 24.3 Å². The number of amides is 1. The number of para-hydroxylation sites is 1. The lowest BCUT2D eigenvalue weighted by molar-refractivity contribution is -0.145. The Labute approximate surface area is 136 Å². The second-order valence-corrected chi connectivity index (χ2v) is 5.27. The molecule has 118 valence electrons. The number of nitrogens with one attached hydrogen (secondary N) is 1. The van der Waals surface area contributed by atoms with Crippen molar-refractivity contribution >= 4 is 38.8 Å². The zero-order chi connectivity index (χ0) is 15.8. The van der Waals surface area contributed by atoms with Gasteiger partial charge in [0.1, 0.15) is 11.0 Å². The third kappa shape index (κ3) is 4.80. The molecule has 7 nitrogen and oxygen atoms in total. The molecule has 1 heterocycles. The van der Waals surface area contributed by atoms with Gasteiger partial charge >= 0.3 is 5.97 Å². The maximum Gasteiger partial charge on any atom is 0.335 e. The molecule has 0 saturated heterocycles. The Bertz CT molecular complexity index is 644. The van der Waals surface area contributed by atoms with Crippen LogP contribution >= 0.6 is 15.9 Å². The van der Waals surface area contributed by atoms with Crippen LogP contribution in [-0.4, -0.2) is 38.9 Å². The molecular weight excluding hydrogens is 352 g/mol. The molecule has 2 rings (SSSR count). The van der Waals surface area contributed by atoms with Crippen LogP contribution in [0.2, 0.25) is 0 Å². The van der Waals surface area contributed by atoms with Crippen molar-refractivity contribution in [2.45, 2.75) is 25.7 Å². The Balaban J connectivity index is 1.67. The summed E-state index contributed by atoms with van der Waals surface area (Å²) in [5.41, 5.74) is 1.34. The number of fused-ring (bicyclic) bond motifs is 1. The average Bonchev–Trinajstić information content (AvgIpc) is 2.93. The van der Waals surface area contributed by atoms with E-state index in [9.17, 15) is 9.59 Å². The number of carbonyl (C=O) groups is 2. The molecule has 0 spiro atoms. The maximum atomic E-state index is 11.8. The molecule has 0 unspecified atom stereocenters. The Morgan fingerprint density at radius 2 is 2.05 bits per heavy atom. The summed E-state index contributed by atoms with van der Waals surface area (Å²) in [6, 6.07) is 7.26. The summed E-state index contributed by atoms with van der Waals surface area (Å²) < 4.78 is 0. The van der Waals surface area contributed by atoms with Crippen LogP contribution in [0, 0.1) is 0 Å². The molecule has 0 aliphatic carbocycles. The molecule has 1 aromatic carbocycles. The van der Waals surface area contributed by atoms with Gasteiger partial charge in [0.15, 0.2) is 0 Å². The lowest BCUT2D eigenvalue weighted by Gasteiger charge is -2.04. The van der Waals surface area contributed by atoms with Crippen molar-refractivity contribution in [2.75, 3.05) is 11.9 Å². The fourth-order valence-electron chi connectivity index (χ4n) is 1.90. The molecule has 0 atom stereocenters. The first-order chi connectivity index (χ1) is 10.7. The van der Waals surface area contributed by atoms with Crippen LogP contribution in [0.25, 0.3) is 11.0 Å². The smallest absolute Gasteiger partial charge is 0.335 e. The fraction of sp³-hybridized carbons (Fsp3) is 0.429. The number of carbonyl (C=O) groups excluding carboxylic acids is 2. The molecule has 2 aromatic rings. The topological polar surface area (TPSA) is 86.1 Å². The third-order valence-electron chi connectivity index (χ3n) is 3.01. The first-order valence-electron chi connectivity index (χ1n) is 7.05. The van der Waals surface area contributed by atoms with Crippen LogP contribution < -0.4 is 10.2 Å². The fourth-order valence-corrected chi connectivity index (χ4v) is 2.10. The van der Waals surface area contributed by atoms with Gasteiger partial charge < -0.3 is 10.2 Å². The lowest BCUT2D eigenvalue weighted by atomic mass is 10.2. The van der Waals surface area contributed by atoms with E-state index < -0.39 is 0 Å². The summed E-state index contributed by atoms with van der Waals surface area (Å²) >= 11 is 3.08. The normalized spacial score (nSPS) is 10.6. The lowest BCUT2D eigenvalue weighted by Crippen LogP contribution is -2.25. The van der Waals surface area contributed by atoms with E-state index in [1.54, 1.807) is 12.1 Å². The molecule has 8 heteroatoms. The van der Waals surface area contributed by atoms with Crippen LogP contribution in [0.3, 0.4) is 0 Å². The van der Waals surface area contributed by atoms with Crippen LogP contribution in [0.5, 0.6) is 0 Å². The molecule has 0 bridgehead atoms. The minimum absolute atomic E-state index is 0.0301. The van der Waals surface area contributed by atoms with E-state index in [-0.39, 0.29) is 11.9 Å². The van der Waals surface area contributed by atoms with Gasteiger partial charge in [0.25, 0.3) is 0 Å². The number of unbranched alkanes of at least 4 members (excludes halogenated alkanes) is 2. The summed E-state index contributed by atoms with van der Waals surface area (Å²) in [5.74, 6) is -0.377. The second kappa shape index (κ2) is 8.47. The maximum absolute atomic E-state index is 11.8. The highest BCUT2D eigenvalue weighted by Gasteiger charge is 2.09. The van der Waals surface area contributed by atoms with Crippen molar-refractivity contribution in [3.63, 3.8) is 0 Å². The van der Waals surface area contributed by atoms with E-state index in [2.05, 4.69) is 31.6 Å². The van der Waals surface area contributed by atoms with E-state index in [0.29, 0.717) is 35.7 Å². The van der Waals surface area contributed by atoms with E-state index in [1.165, 1.54) is 0 Å². The van der Waals surface area contributed by atoms with Gasteiger partial charge in [0, 0.05) is 13.0 Å². The van der Waals surface area contributed by atoms with E-state index in [0.717, 1.165) is 17.7 Å². The predicted molar refractivity (Wildman–Crippen MR) is 84.4 cm³/mol. The quantitative estimate of drug-likeness (QED) is 0.433. The number of aromatic nitrogens is 3. The summed E-state index contributed by atoms with van der Waals surface area (Å²) in [6.07, 6.45) is 2.68. The highest BCUT2D eigenvalue weighted by molar-refractivity contribution is 9.09. The first-order valence-corrected chi connectivity index (χ1v) is 8.17. The van der Waals surface area contributed by atoms with Crippen molar-refractivity contribution in [3.8, 4) is 0 Å². The molecule has 0 saturated carbocycles. The third-order valence-corrected chi connectivity index (χ3v) is 3.52. The number of hydrogen-bond donors (Lipinski definition) is 1. The standard InChI is InChI=1S/C14H17BrN4O3/c15-10-13(20)16-9-5-1-2-8-14(21)22-19-12-7-4-3-6-11(12)17-18-19/h3-4,6-7H,1-2,5,8-10H2,(H,16,20). The number of halogens is 1. The SMILES string of the molecule is O=C(CBr)NCCCCCC(=O)On1nnc2ccccc21. The number of alkyl halides is 1. The number of benzene rings is 1. The van der Waals surface area contributed by atoms with Crippen LogP contribution in [-0.2, 0) is 9.59 Å². The number of rotatable bonds is 8. The number of nitrogens with zero attached hydrogens (tertiary/aromatic N) is 3. The Kier molecular flexibility index (Phi) is 6.32. The molecule has 1 amide bonds. The highest BCUT2D eigenvalue weighted by atomic mass is 79.9. The van der Waals surface area contributed by atoms with Gasteiger partial charge in [0.2, 0.25) is 5.91 Å². The van der Waals surface area contributed by atoms with Crippen molar-refractivity contribution in [1.29, 1.82) is 0 Å². The molecule has 0 fully saturated rings. The van der Waals surface area contributed by atoms with E-state index >= 15 is 0 Å². The Morgan fingerprint density at radius 1 is 1.23 bits per heavy atom. The van der Waals surface area contributed by atoms with Crippen LogP contribution in [0.1, 0.15) is 25.7 Å². The van der Waals surface area contributed by atoms with Gasteiger partial charge in [-0.25, -0.2) is 4.79 Å². The Morgan fingerprint density at radius 3 is 2.86 bits per heavy atom. The summed E-state index contributed by atoms with van der Waals surface area (Å²) in [5, 5.41) is 10.8. The molecule has 1 N–H and O–H groups in total. The van der Waals surface area contributed by atoms with E-state index in [4.69, 9.17) is 4.84 Å². The van der Waals surface area contributed by atoms with Gasteiger partial charge in [-0.15, -0.1) is 5.10 Å². The average molecular weight is 369 g/mol. The van der Waals surface area contributed by atoms with Gasteiger partial charge in [-0.3, -0.25) is 4.79 Å². The molecular formula is C14H17BrN4O3. The Hall–Kier alpha value is -1.96. The minimum Gasteiger partial charge on any atom is -0.355 e. The monoisotopic (exact) mass is 368 g/mol. The van der Waals surface area contributed by atoms with Crippen molar-refractivity contribution in [2.24, 2.45) is 0 Å². The van der Waals surface area contributed by atoms with Crippen molar-refractivity contribution < 1.29 is 14.4 Å². The minimum atomic E-state index is -0.347. The second-order valence-electron chi connectivity index (χ2n) is 4.71. The zero-order valence-corrected chi connectivity index (χ0v) is 13.6. The van der Waals surface area contributed by atoms with Gasteiger partial charge in [-0.2, -0.15) is 0 Å². The summed E-state index contributed by atoms with van der Waals surface area (Å²) in [7, 11) is 0. The molecule has 1 aromatic heterocycles. The summed E-state index contributed by atoms with van der Waals surface area (Å²) in [4.78, 5) is 29.0. The largest absolute Gasteiger partial charge is 0.355 e. The van der Waals surface area contributed by atoms with Gasteiger partial charge in [-0.1, -0.05) is 39.3 Å². The zero-order valence-electron chi connectivity index (χ0n) is 12.0. The first kappa shape index (κ1) is 16.4. The molecule has 0 aliphatic heterocycles. The van der Waals surface area contributed by atoms with Crippen molar-refractivity contribution in [3.05, 3.63) is 24.3 Å². The summed E-state index contributed by atoms with van der Waals surface area (Å²) in [6.45, 7) is 0.618. The predicted octanol–water partition coefficient (Wildman–Crippen LogP) is 1.46. The highest BCUT2D eigenvalue weighted by Crippen LogP contribution is 2.08. The van der Waals surface area contributed by atoms with Crippen LogP contribution in [0.4, 0.5) is 0 Å². The molecule has 0 radical (unpaired) electrons. The molecule has 0 aliphatic rings. The van der Waals surface area contributed by atoms with Gasteiger partial charge in [0.05, 0.1) is 5.33 Å². The van der Waals surface area contributed by atoms with E-state index in [1.807, 2.05) is 12.1 Å².